The lowest BCUT2D eigenvalue weighted by molar-refractivity contribution is 0.305. The third-order valence-electron chi connectivity index (χ3n) is 5.80. The second-order valence-electron chi connectivity index (χ2n) is 8.47. The maximum absolute atomic E-state index is 9.29. The predicted molar refractivity (Wildman–Crippen MR) is 133 cm³/mol. The molecule has 0 heterocycles. The first-order chi connectivity index (χ1) is 15.7. The van der Waals surface area contributed by atoms with E-state index in [9.17, 15) is 5.26 Å². The summed E-state index contributed by atoms with van der Waals surface area (Å²) in [6.45, 7) is 5.57. The molecule has 1 atom stereocenters. The van der Waals surface area contributed by atoms with E-state index in [0.717, 1.165) is 54.2 Å². The highest BCUT2D eigenvalue weighted by molar-refractivity contribution is 5.70. The van der Waals surface area contributed by atoms with Crippen LogP contribution in [-0.4, -0.2) is 6.54 Å². The van der Waals surface area contributed by atoms with Crippen LogP contribution >= 0.6 is 0 Å². The highest BCUT2D eigenvalue weighted by atomic mass is 16.5. The molecule has 0 spiro atoms. The van der Waals surface area contributed by atoms with Crippen molar-refractivity contribution in [2.45, 2.75) is 52.6 Å². The average Bonchev–Trinajstić information content (AvgIpc) is 2.84. The van der Waals surface area contributed by atoms with E-state index in [1.54, 1.807) is 0 Å². The summed E-state index contributed by atoms with van der Waals surface area (Å²) in [6, 6.07) is 24.7. The van der Waals surface area contributed by atoms with Gasteiger partial charge in [0.25, 0.3) is 0 Å². The third-order valence-corrected chi connectivity index (χ3v) is 5.80. The van der Waals surface area contributed by atoms with Crippen LogP contribution in [0.4, 0.5) is 0 Å². The summed E-state index contributed by atoms with van der Waals surface area (Å²) in [7, 11) is 0. The summed E-state index contributed by atoms with van der Waals surface area (Å²) < 4.78 is 6.05. The first-order valence-electron chi connectivity index (χ1n) is 11.7. The van der Waals surface area contributed by atoms with Crippen molar-refractivity contribution in [1.29, 1.82) is 5.26 Å². The van der Waals surface area contributed by atoms with Crippen LogP contribution in [0.5, 0.6) is 5.75 Å². The number of nitriles is 1. The summed E-state index contributed by atoms with van der Waals surface area (Å²) in [6.07, 6.45) is 5.84. The maximum Gasteiger partial charge on any atom is 0.120 e. The van der Waals surface area contributed by atoms with Crippen molar-refractivity contribution in [3.8, 4) is 22.9 Å². The van der Waals surface area contributed by atoms with E-state index in [-0.39, 0.29) is 0 Å². The topological polar surface area (TPSA) is 59.0 Å². The predicted octanol–water partition coefficient (Wildman–Crippen LogP) is 6.67. The van der Waals surface area contributed by atoms with Crippen molar-refractivity contribution in [1.82, 2.24) is 0 Å². The van der Waals surface area contributed by atoms with E-state index < -0.39 is 0 Å². The van der Waals surface area contributed by atoms with E-state index in [2.05, 4.69) is 62.4 Å². The van der Waals surface area contributed by atoms with E-state index in [1.807, 2.05) is 24.3 Å². The first-order valence-corrected chi connectivity index (χ1v) is 11.7. The normalized spacial score (nSPS) is 14.5. The smallest absolute Gasteiger partial charge is 0.120 e. The van der Waals surface area contributed by atoms with Gasteiger partial charge in [0.2, 0.25) is 0 Å². The highest BCUT2D eigenvalue weighted by Gasteiger charge is 2.18. The lowest BCUT2D eigenvalue weighted by Gasteiger charge is -2.24. The Kier molecular flexibility index (Phi) is 8.90. The maximum atomic E-state index is 9.29. The van der Waals surface area contributed by atoms with Crippen LogP contribution in [-0.2, 0) is 19.4 Å². The summed E-state index contributed by atoms with van der Waals surface area (Å²) in [5.74, 6) is 1.66. The minimum atomic E-state index is 0.536. The fraction of sp³-hybridized carbons (Fsp3) is 0.345. The summed E-state index contributed by atoms with van der Waals surface area (Å²) >= 11 is 0. The Hall–Kier alpha value is -3.09. The number of hydrogen-bond donors (Lipinski definition) is 1. The number of nitrogens with two attached hydrogens (primary N) is 1. The van der Waals surface area contributed by atoms with Gasteiger partial charge in [-0.3, -0.25) is 0 Å². The van der Waals surface area contributed by atoms with Gasteiger partial charge in [0, 0.05) is 0 Å². The van der Waals surface area contributed by atoms with Crippen LogP contribution in [0, 0.1) is 17.2 Å². The van der Waals surface area contributed by atoms with Crippen molar-refractivity contribution in [3.05, 3.63) is 89.0 Å². The molecule has 4 rings (SSSR count). The minimum absolute atomic E-state index is 0.536. The molecule has 0 aliphatic heterocycles. The quantitative estimate of drug-likeness (QED) is 0.478. The molecule has 0 radical (unpaired) electrons. The van der Waals surface area contributed by atoms with Crippen molar-refractivity contribution in [2.24, 2.45) is 11.7 Å². The third kappa shape index (κ3) is 6.22. The second kappa shape index (κ2) is 12.1. The molecular formula is C29H34N2O. The molecule has 0 aromatic heterocycles. The number of hydrogen-bond acceptors (Lipinski definition) is 3. The molecule has 0 amide bonds. The Morgan fingerprint density at radius 1 is 1.00 bits per heavy atom. The SMILES string of the molecule is CCC.N#Cc1ccccc1-c1ccc(COc2ccc3c(c2)CCC(CCN)C3)cc1. The van der Waals surface area contributed by atoms with Gasteiger partial charge < -0.3 is 10.5 Å². The zero-order valence-electron chi connectivity index (χ0n) is 19.3. The van der Waals surface area contributed by atoms with E-state index in [0.29, 0.717) is 12.2 Å². The van der Waals surface area contributed by atoms with Gasteiger partial charge in [0.15, 0.2) is 0 Å². The standard InChI is InChI=1S/C26H26N2O.C3H8/c27-14-13-19-5-10-23-16-25(12-11-22(23)15-19)29-18-20-6-8-21(9-7-20)26-4-2-1-3-24(26)17-28;1-3-2/h1-4,6-9,11-12,16,19H,5,10,13-15,18,27H2;3H2,1-2H3. The Morgan fingerprint density at radius 3 is 2.47 bits per heavy atom. The molecule has 166 valence electrons. The summed E-state index contributed by atoms with van der Waals surface area (Å²) in [4.78, 5) is 0. The molecule has 32 heavy (non-hydrogen) atoms. The fourth-order valence-corrected chi connectivity index (χ4v) is 4.16. The van der Waals surface area contributed by atoms with Crippen LogP contribution in [0.15, 0.2) is 66.7 Å². The monoisotopic (exact) mass is 426 g/mol. The number of nitrogens with zero attached hydrogens (tertiary/aromatic N) is 1. The summed E-state index contributed by atoms with van der Waals surface area (Å²) in [5, 5.41) is 9.29. The van der Waals surface area contributed by atoms with Gasteiger partial charge >= 0.3 is 0 Å². The molecule has 3 nitrogen and oxygen atoms in total. The Labute approximate surface area is 192 Å². The zero-order valence-corrected chi connectivity index (χ0v) is 19.3. The Balaban J connectivity index is 0.000000913. The molecule has 3 heteroatoms. The molecule has 0 saturated heterocycles. The van der Waals surface area contributed by atoms with Crippen molar-refractivity contribution in [3.63, 3.8) is 0 Å². The fourth-order valence-electron chi connectivity index (χ4n) is 4.16. The second-order valence-corrected chi connectivity index (χ2v) is 8.47. The minimum Gasteiger partial charge on any atom is -0.489 e. The van der Waals surface area contributed by atoms with E-state index >= 15 is 0 Å². The molecule has 0 fully saturated rings. The average molecular weight is 427 g/mol. The first kappa shape index (κ1) is 23.6. The molecule has 0 bridgehead atoms. The van der Waals surface area contributed by atoms with Crippen molar-refractivity contribution < 1.29 is 4.74 Å². The molecule has 1 aliphatic rings. The van der Waals surface area contributed by atoms with Crippen LogP contribution < -0.4 is 10.5 Å². The molecule has 1 unspecified atom stereocenters. The molecule has 2 N–H and O–H groups in total. The van der Waals surface area contributed by atoms with E-state index in [4.69, 9.17) is 10.5 Å². The highest BCUT2D eigenvalue weighted by Crippen LogP contribution is 2.30. The van der Waals surface area contributed by atoms with Crippen LogP contribution in [0.2, 0.25) is 0 Å². The Morgan fingerprint density at radius 2 is 1.75 bits per heavy atom. The molecular weight excluding hydrogens is 392 g/mol. The van der Waals surface area contributed by atoms with Gasteiger partial charge in [-0.25, -0.2) is 0 Å². The van der Waals surface area contributed by atoms with Crippen LogP contribution in [0.3, 0.4) is 0 Å². The van der Waals surface area contributed by atoms with Crippen molar-refractivity contribution in [2.75, 3.05) is 6.54 Å². The number of ether oxygens (including phenoxy) is 1. The van der Waals surface area contributed by atoms with Gasteiger partial charge in [-0.05, 0) is 84.2 Å². The number of rotatable bonds is 6. The lowest BCUT2D eigenvalue weighted by Crippen LogP contribution is -2.17. The number of benzene rings is 3. The van der Waals surface area contributed by atoms with Gasteiger partial charge in [0.1, 0.15) is 12.4 Å². The van der Waals surface area contributed by atoms with E-state index in [1.165, 1.54) is 24.0 Å². The summed E-state index contributed by atoms with van der Waals surface area (Å²) in [5.41, 5.74) is 12.4. The Bertz CT molecular complexity index is 1030. The van der Waals surface area contributed by atoms with Gasteiger partial charge in [-0.2, -0.15) is 5.26 Å². The molecule has 1 aliphatic carbocycles. The van der Waals surface area contributed by atoms with Gasteiger partial charge in [0.05, 0.1) is 11.6 Å². The number of aryl methyl sites for hydroxylation is 1. The van der Waals surface area contributed by atoms with Crippen molar-refractivity contribution >= 4 is 0 Å². The number of fused-ring (bicyclic) bond motifs is 1. The van der Waals surface area contributed by atoms with Gasteiger partial charge in [-0.15, -0.1) is 0 Å². The van der Waals surface area contributed by atoms with Crippen LogP contribution in [0.25, 0.3) is 11.1 Å². The van der Waals surface area contributed by atoms with Crippen LogP contribution in [0.1, 0.15) is 55.4 Å². The lowest BCUT2D eigenvalue weighted by atomic mass is 9.82. The van der Waals surface area contributed by atoms with Gasteiger partial charge in [-0.1, -0.05) is 68.8 Å². The molecule has 3 aromatic carbocycles. The largest absolute Gasteiger partial charge is 0.489 e. The molecule has 0 saturated carbocycles. The molecule has 3 aromatic rings. The zero-order chi connectivity index (χ0) is 22.8.